The van der Waals surface area contributed by atoms with Crippen molar-refractivity contribution in [3.05, 3.63) is 54.7 Å². The first-order valence-corrected chi connectivity index (χ1v) is 12.6. The van der Waals surface area contributed by atoms with Crippen molar-refractivity contribution in [3.63, 3.8) is 0 Å². The number of benzene rings is 2. The topological polar surface area (TPSA) is 114 Å². The molecule has 1 amide bonds. The van der Waals surface area contributed by atoms with Crippen LogP contribution in [0.25, 0.3) is 22.2 Å². The zero-order valence-corrected chi connectivity index (χ0v) is 20.6. The second-order valence-electron chi connectivity index (χ2n) is 9.62. The molecule has 2 aromatic carbocycles. The number of amides is 1. The van der Waals surface area contributed by atoms with Gasteiger partial charge in [0.25, 0.3) is 0 Å². The molecule has 2 heterocycles. The molecule has 2 aromatic heterocycles. The minimum absolute atomic E-state index is 0.215. The number of ether oxygens (including phenoxy) is 3. The number of fused-ring (bicyclic) bond motifs is 1. The number of anilines is 2. The van der Waals surface area contributed by atoms with Gasteiger partial charge in [-0.3, -0.25) is 5.32 Å². The lowest BCUT2D eigenvalue weighted by Gasteiger charge is -2.30. The van der Waals surface area contributed by atoms with E-state index in [0.717, 1.165) is 53.5 Å². The third kappa shape index (κ3) is 4.76. The molecule has 2 aliphatic carbocycles. The molecule has 0 spiro atoms. The van der Waals surface area contributed by atoms with E-state index < -0.39 is 6.09 Å². The van der Waals surface area contributed by atoms with Crippen LogP contribution in [0.15, 0.2) is 54.7 Å². The molecule has 2 fully saturated rings. The molecule has 9 nitrogen and oxygen atoms in total. The standard InChI is InChI=1S/C28H29N5O4/c1-35-24-13-14-30-27(32-24)37-21-11-12-22-23(15-21)33(20-3-2-4-20)26(25(22)29)18-7-9-19(10-8-18)31-28(34)36-16-17-5-6-17/h7-15,17,20H,2-6,16,29H2,1H3,(H,31,34). The fourth-order valence-corrected chi connectivity index (χ4v) is 4.64. The van der Waals surface area contributed by atoms with Crippen molar-refractivity contribution in [2.75, 3.05) is 24.8 Å². The Bertz CT molecular complexity index is 1440. The van der Waals surface area contributed by atoms with Crippen LogP contribution in [0.3, 0.4) is 0 Å². The number of nitrogens with zero attached hydrogens (tertiary/aromatic N) is 3. The molecule has 2 aliphatic rings. The van der Waals surface area contributed by atoms with Crippen LogP contribution < -0.4 is 20.5 Å². The Hall–Kier alpha value is -4.27. The van der Waals surface area contributed by atoms with Crippen LogP contribution in [0.5, 0.6) is 17.6 Å². The molecular weight excluding hydrogens is 470 g/mol. The molecule has 0 saturated heterocycles. The van der Waals surface area contributed by atoms with Crippen molar-refractivity contribution in [1.29, 1.82) is 0 Å². The Morgan fingerprint density at radius 1 is 1.11 bits per heavy atom. The average molecular weight is 500 g/mol. The molecule has 2 saturated carbocycles. The molecule has 4 aromatic rings. The molecule has 0 unspecified atom stereocenters. The van der Waals surface area contributed by atoms with Gasteiger partial charge in [-0.25, -0.2) is 9.78 Å². The second-order valence-corrected chi connectivity index (χ2v) is 9.62. The Balaban J connectivity index is 1.30. The first-order valence-electron chi connectivity index (χ1n) is 12.6. The summed E-state index contributed by atoms with van der Waals surface area (Å²) in [6.07, 6.45) is 6.82. The molecule has 9 heteroatoms. The van der Waals surface area contributed by atoms with E-state index in [1.807, 2.05) is 42.5 Å². The minimum Gasteiger partial charge on any atom is -0.481 e. The zero-order valence-electron chi connectivity index (χ0n) is 20.6. The summed E-state index contributed by atoms with van der Waals surface area (Å²) in [5, 5.41) is 3.77. The van der Waals surface area contributed by atoms with E-state index in [1.54, 1.807) is 19.4 Å². The Kier molecular flexibility index (Phi) is 6.04. The highest BCUT2D eigenvalue weighted by Gasteiger charge is 2.27. The maximum atomic E-state index is 12.1. The molecule has 0 bridgehead atoms. The SMILES string of the molecule is COc1ccnc(Oc2ccc3c(N)c(-c4ccc(NC(=O)OCC5CC5)cc4)n(C4CCC4)c3c2)n1. The minimum atomic E-state index is -0.421. The molecule has 37 heavy (non-hydrogen) atoms. The van der Waals surface area contributed by atoms with Gasteiger partial charge in [-0.2, -0.15) is 4.98 Å². The van der Waals surface area contributed by atoms with Crippen LogP contribution >= 0.6 is 0 Å². The lowest BCUT2D eigenvalue weighted by Crippen LogP contribution is -2.18. The third-order valence-electron chi connectivity index (χ3n) is 7.03. The highest BCUT2D eigenvalue weighted by atomic mass is 16.5. The quantitative estimate of drug-likeness (QED) is 0.298. The van der Waals surface area contributed by atoms with E-state index in [1.165, 1.54) is 6.42 Å². The number of nitrogens with one attached hydrogen (secondary N) is 1. The number of carbonyl (C=O) groups is 1. The summed E-state index contributed by atoms with van der Waals surface area (Å²) in [7, 11) is 1.55. The Morgan fingerprint density at radius 3 is 2.62 bits per heavy atom. The fraction of sp³-hybridized carbons (Fsp3) is 0.321. The second kappa shape index (κ2) is 9.65. The fourth-order valence-electron chi connectivity index (χ4n) is 4.64. The monoisotopic (exact) mass is 499 g/mol. The van der Waals surface area contributed by atoms with Crippen LogP contribution in [-0.2, 0) is 4.74 Å². The maximum absolute atomic E-state index is 12.1. The van der Waals surface area contributed by atoms with Gasteiger partial charge in [0, 0.05) is 41.0 Å². The Labute approximate surface area is 214 Å². The summed E-state index contributed by atoms with van der Waals surface area (Å²) in [6.45, 7) is 0.484. The molecule has 190 valence electrons. The van der Waals surface area contributed by atoms with Gasteiger partial charge >= 0.3 is 12.1 Å². The summed E-state index contributed by atoms with van der Waals surface area (Å²) in [5.74, 6) is 1.58. The van der Waals surface area contributed by atoms with E-state index in [9.17, 15) is 4.79 Å². The van der Waals surface area contributed by atoms with Crippen molar-refractivity contribution in [1.82, 2.24) is 14.5 Å². The number of nitrogens with two attached hydrogens (primary N) is 1. The van der Waals surface area contributed by atoms with Gasteiger partial charge in [-0.15, -0.1) is 0 Å². The van der Waals surface area contributed by atoms with Gasteiger partial charge in [0.1, 0.15) is 5.75 Å². The van der Waals surface area contributed by atoms with Crippen LogP contribution in [0, 0.1) is 5.92 Å². The van der Waals surface area contributed by atoms with E-state index in [4.69, 9.17) is 19.9 Å². The average Bonchev–Trinajstić information content (AvgIpc) is 3.67. The van der Waals surface area contributed by atoms with E-state index in [2.05, 4.69) is 19.9 Å². The van der Waals surface area contributed by atoms with Gasteiger partial charge < -0.3 is 24.5 Å². The van der Waals surface area contributed by atoms with Crippen LogP contribution in [0.1, 0.15) is 38.1 Å². The number of nitrogen functional groups attached to an aromatic ring is 1. The smallest absolute Gasteiger partial charge is 0.411 e. The lowest BCUT2D eigenvalue weighted by atomic mass is 9.92. The van der Waals surface area contributed by atoms with Crippen molar-refractivity contribution < 1.29 is 19.0 Å². The van der Waals surface area contributed by atoms with Gasteiger partial charge in [0.2, 0.25) is 5.88 Å². The van der Waals surface area contributed by atoms with Gasteiger partial charge in [0.05, 0.1) is 30.6 Å². The van der Waals surface area contributed by atoms with Crippen molar-refractivity contribution in [2.45, 2.75) is 38.1 Å². The normalized spacial score (nSPS) is 15.3. The number of rotatable bonds is 8. The van der Waals surface area contributed by atoms with Crippen LogP contribution in [0.4, 0.5) is 16.2 Å². The maximum Gasteiger partial charge on any atom is 0.411 e. The van der Waals surface area contributed by atoms with Gasteiger partial charge in [-0.05, 0) is 62.3 Å². The predicted octanol–water partition coefficient (Wildman–Crippen LogP) is 6.16. The summed E-state index contributed by atoms with van der Waals surface area (Å²) in [4.78, 5) is 20.5. The largest absolute Gasteiger partial charge is 0.481 e. The molecule has 0 aliphatic heterocycles. The summed E-state index contributed by atoms with van der Waals surface area (Å²) < 4.78 is 18.7. The zero-order chi connectivity index (χ0) is 25.4. The number of hydrogen-bond donors (Lipinski definition) is 2. The van der Waals surface area contributed by atoms with E-state index in [0.29, 0.717) is 35.9 Å². The first kappa shape index (κ1) is 23.1. The van der Waals surface area contributed by atoms with Crippen LogP contribution in [-0.4, -0.2) is 34.3 Å². The van der Waals surface area contributed by atoms with Crippen molar-refractivity contribution in [2.24, 2.45) is 5.92 Å². The van der Waals surface area contributed by atoms with Crippen LogP contribution in [0.2, 0.25) is 0 Å². The molecular formula is C28H29N5O4. The van der Waals surface area contributed by atoms with Crippen molar-refractivity contribution >= 4 is 28.4 Å². The summed E-state index contributed by atoms with van der Waals surface area (Å²) in [5.41, 5.74) is 11.1. The third-order valence-corrected chi connectivity index (χ3v) is 7.03. The molecule has 6 rings (SSSR count). The van der Waals surface area contributed by atoms with E-state index >= 15 is 0 Å². The number of methoxy groups -OCH3 is 1. The first-order chi connectivity index (χ1) is 18.1. The van der Waals surface area contributed by atoms with E-state index in [-0.39, 0.29) is 6.01 Å². The molecule has 3 N–H and O–H groups in total. The van der Waals surface area contributed by atoms with Gasteiger partial charge in [-0.1, -0.05) is 12.1 Å². The number of aromatic nitrogens is 3. The van der Waals surface area contributed by atoms with Gasteiger partial charge in [0.15, 0.2) is 0 Å². The summed E-state index contributed by atoms with van der Waals surface area (Å²) >= 11 is 0. The lowest BCUT2D eigenvalue weighted by molar-refractivity contribution is 0.156. The van der Waals surface area contributed by atoms with Crippen molar-refractivity contribution in [3.8, 4) is 28.9 Å². The molecule has 0 radical (unpaired) electrons. The highest BCUT2D eigenvalue weighted by Crippen LogP contribution is 2.45. The predicted molar refractivity (Wildman–Crippen MR) is 141 cm³/mol. The molecule has 0 atom stereocenters. The Morgan fingerprint density at radius 2 is 1.92 bits per heavy atom. The highest BCUT2D eigenvalue weighted by molar-refractivity contribution is 6.01. The number of carbonyl (C=O) groups excluding carboxylic acids is 1. The summed E-state index contributed by atoms with van der Waals surface area (Å²) in [6, 6.07) is 15.8. The number of hydrogen-bond acceptors (Lipinski definition) is 7.